The van der Waals surface area contributed by atoms with Gasteiger partial charge in [0.25, 0.3) is 0 Å². The van der Waals surface area contributed by atoms with E-state index < -0.39 is 61.4 Å². The van der Waals surface area contributed by atoms with Gasteiger partial charge < -0.3 is 34.3 Å². The van der Waals surface area contributed by atoms with E-state index in [1.54, 1.807) is 48.5 Å². The first-order chi connectivity index (χ1) is 18.9. The third-order valence-electron chi connectivity index (χ3n) is 10.9. The van der Waals surface area contributed by atoms with E-state index in [2.05, 4.69) is 48.1 Å². The van der Waals surface area contributed by atoms with Gasteiger partial charge in [-0.15, -0.1) is 0 Å². The molecule has 0 saturated heterocycles. The minimum atomic E-state index is -1.02. The summed E-state index contributed by atoms with van der Waals surface area (Å²) in [5.41, 5.74) is -7.16. The Labute approximate surface area is 260 Å². The van der Waals surface area contributed by atoms with Gasteiger partial charge in [-0.25, -0.2) is 4.79 Å². The second kappa shape index (κ2) is 10.8. The third kappa shape index (κ3) is 7.36. The Hall–Kier alpha value is -1.03. The van der Waals surface area contributed by atoms with Crippen molar-refractivity contribution in [2.75, 3.05) is 19.8 Å². The van der Waals surface area contributed by atoms with Crippen LogP contribution >= 0.6 is 0 Å². The van der Waals surface area contributed by atoms with Crippen LogP contribution in [0.1, 0.15) is 129 Å². The lowest BCUT2D eigenvalue weighted by Crippen LogP contribution is -2.76. The number of carbonyl (C=O) groups is 1. The quantitative estimate of drug-likeness (QED) is 0.165. The van der Waals surface area contributed by atoms with E-state index in [-0.39, 0.29) is 19.8 Å². The number of carbonyl (C=O) groups excluding carboxylic acids is 1. The van der Waals surface area contributed by atoms with Crippen molar-refractivity contribution >= 4 is 5.97 Å². The molecule has 0 spiro atoms. The SMILES string of the molecule is C=C(C)C(=O)OC12CC3(C(C)(C)OCC(C)(C)O)CC(C(C)(C)OCC(C)(C)O)(C1)CC(C(C)(C)OCC(C)(C)O)(C2)C3. The van der Waals surface area contributed by atoms with Crippen LogP contribution in [-0.2, 0) is 23.7 Å². The molecule has 4 rings (SSSR count). The average Bonchev–Trinajstić information content (AvgIpc) is 2.78. The maximum Gasteiger partial charge on any atom is 0.333 e. The average molecular weight is 611 g/mol. The largest absolute Gasteiger partial charge is 0.456 e. The topological polar surface area (TPSA) is 115 Å². The van der Waals surface area contributed by atoms with Crippen molar-refractivity contribution in [3.05, 3.63) is 12.2 Å². The Balaban J connectivity index is 2.28. The number of hydrogen-bond donors (Lipinski definition) is 3. The maximum absolute atomic E-state index is 13.3. The number of rotatable bonds is 14. The van der Waals surface area contributed by atoms with Gasteiger partial charge in [0.15, 0.2) is 0 Å². The Kier molecular flexibility index (Phi) is 9.12. The van der Waals surface area contributed by atoms with E-state index in [9.17, 15) is 20.1 Å². The summed E-state index contributed by atoms with van der Waals surface area (Å²) in [7, 11) is 0. The summed E-state index contributed by atoms with van der Waals surface area (Å²) in [6, 6.07) is 0. The van der Waals surface area contributed by atoms with Gasteiger partial charge in [-0.1, -0.05) is 6.58 Å². The predicted octanol–water partition coefficient (Wildman–Crippen LogP) is 5.88. The molecular formula is C35H62O8. The first-order valence-corrected chi connectivity index (χ1v) is 15.9. The van der Waals surface area contributed by atoms with Crippen molar-refractivity contribution in [1.29, 1.82) is 0 Å². The molecule has 0 radical (unpaired) electrons. The Morgan fingerprint density at radius 1 is 0.581 bits per heavy atom. The highest BCUT2D eigenvalue weighted by Crippen LogP contribution is 2.79. The van der Waals surface area contributed by atoms with Crippen LogP contribution in [0.2, 0.25) is 0 Å². The summed E-state index contributed by atoms with van der Waals surface area (Å²) >= 11 is 0. The molecule has 0 aliphatic heterocycles. The van der Waals surface area contributed by atoms with E-state index in [1.807, 2.05) is 0 Å². The summed E-state index contributed by atoms with van der Waals surface area (Å²) in [6.07, 6.45) is 4.08. The molecule has 4 aliphatic carbocycles. The molecule has 0 heterocycles. The maximum atomic E-state index is 13.3. The monoisotopic (exact) mass is 610 g/mol. The second-order valence-electron chi connectivity index (χ2n) is 18.1. The van der Waals surface area contributed by atoms with Crippen LogP contribution in [0.4, 0.5) is 0 Å². The minimum absolute atomic E-state index is 0.150. The van der Waals surface area contributed by atoms with Gasteiger partial charge in [0.2, 0.25) is 0 Å². The highest BCUT2D eigenvalue weighted by atomic mass is 16.6. The Bertz CT molecular complexity index is 945. The molecule has 4 aliphatic rings. The van der Waals surface area contributed by atoms with Crippen molar-refractivity contribution in [3.8, 4) is 0 Å². The van der Waals surface area contributed by atoms with Crippen LogP contribution in [0.25, 0.3) is 0 Å². The van der Waals surface area contributed by atoms with Crippen LogP contribution in [0.5, 0.6) is 0 Å². The molecule has 0 aromatic rings. The van der Waals surface area contributed by atoms with E-state index in [0.717, 1.165) is 19.3 Å². The van der Waals surface area contributed by atoms with Crippen LogP contribution in [0.3, 0.4) is 0 Å². The zero-order chi connectivity index (χ0) is 33.3. The summed E-state index contributed by atoms with van der Waals surface area (Å²) in [5.74, 6) is -0.414. The Morgan fingerprint density at radius 2 is 0.837 bits per heavy atom. The predicted molar refractivity (Wildman–Crippen MR) is 168 cm³/mol. The van der Waals surface area contributed by atoms with Gasteiger partial charge in [-0.2, -0.15) is 0 Å². The molecule has 4 saturated carbocycles. The van der Waals surface area contributed by atoms with Crippen molar-refractivity contribution < 1.29 is 39.1 Å². The van der Waals surface area contributed by atoms with Crippen LogP contribution in [0, 0.1) is 16.2 Å². The first kappa shape index (κ1) is 36.4. The molecular weight excluding hydrogens is 548 g/mol. The normalized spacial score (nSPS) is 31.8. The van der Waals surface area contributed by atoms with Gasteiger partial charge in [0, 0.05) is 21.8 Å². The molecule has 43 heavy (non-hydrogen) atoms. The highest BCUT2D eigenvalue weighted by molar-refractivity contribution is 5.87. The fourth-order valence-electron chi connectivity index (χ4n) is 8.38. The zero-order valence-electron chi connectivity index (χ0n) is 29.5. The standard InChI is InChI=1S/C35H62O8/c1-24(2)25(36)43-35-18-32(29(9,10)40-21-26(3,4)37)15-33(19-35,30(11,12)41-22-27(5,6)38)17-34(16-32,20-35)31(13,14)42-23-28(7,8)39/h37-39H,1,15-23H2,2-14H3. The fraction of sp³-hybridized carbons (Fsp3) is 0.914. The highest BCUT2D eigenvalue weighted by Gasteiger charge is 2.78. The van der Waals surface area contributed by atoms with Gasteiger partial charge in [0.1, 0.15) is 5.60 Å². The van der Waals surface area contributed by atoms with E-state index in [1.165, 1.54) is 0 Å². The molecule has 250 valence electrons. The molecule has 4 fully saturated rings. The van der Waals surface area contributed by atoms with Crippen molar-refractivity contribution in [1.82, 2.24) is 0 Å². The molecule has 0 aromatic heterocycles. The van der Waals surface area contributed by atoms with Crippen molar-refractivity contribution in [2.45, 2.75) is 168 Å². The van der Waals surface area contributed by atoms with Gasteiger partial charge in [-0.05, 0) is 129 Å². The summed E-state index contributed by atoms with van der Waals surface area (Å²) in [6.45, 7) is 29.0. The molecule has 8 nitrogen and oxygen atoms in total. The molecule has 8 heteroatoms. The molecule has 0 amide bonds. The van der Waals surface area contributed by atoms with Crippen LogP contribution in [-0.4, -0.2) is 80.3 Å². The molecule has 0 atom stereocenters. The number of aliphatic hydroxyl groups is 3. The van der Waals surface area contributed by atoms with Gasteiger partial charge in [-0.3, -0.25) is 0 Å². The van der Waals surface area contributed by atoms with E-state index in [4.69, 9.17) is 18.9 Å². The summed E-state index contributed by atoms with van der Waals surface area (Å²) in [4.78, 5) is 13.3. The van der Waals surface area contributed by atoms with Gasteiger partial charge in [0.05, 0.1) is 53.4 Å². The lowest BCUT2D eigenvalue weighted by Gasteiger charge is -2.76. The zero-order valence-corrected chi connectivity index (χ0v) is 29.5. The second-order valence-corrected chi connectivity index (χ2v) is 18.1. The van der Waals surface area contributed by atoms with Crippen LogP contribution in [0.15, 0.2) is 12.2 Å². The molecule has 0 aromatic carbocycles. The first-order valence-electron chi connectivity index (χ1n) is 15.9. The van der Waals surface area contributed by atoms with Crippen molar-refractivity contribution in [3.63, 3.8) is 0 Å². The van der Waals surface area contributed by atoms with Gasteiger partial charge >= 0.3 is 5.97 Å². The minimum Gasteiger partial charge on any atom is -0.456 e. The fourth-order valence-corrected chi connectivity index (χ4v) is 8.38. The number of hydrogen-bond acceptors (Lipinski definition) is 8. The number of esters is 1. The smallest absolute Gasteiger partial charge is 0.333 e. The summed E-state index contributed by atoms with van der Waals surface area (Å²) < 4.78 is 26.5. The molecule has 4 bridgehead atoms. The molecule has 3 N–H and O–H groups in total. The number of ether oxygens (including phenoxy) is 4. The van der Waals surface area contributed by atoms with Crippen molar-refractivity contribution in [2.24, 2.45) is 16.2 Å². The lowest BCUT2D eigenvalue weighted by atomic mass is 9.31. The van der Waals surface area contributed by atoms with E-state index in [0.29, 0.717) is 24.8 Å². The summed E-state index contributed by atoms with van der Waals surface area (Å²) in [5, 5.41) is 32.0. The lowest BCUT2D eigenvalue weighted by molar-refractivity contribution is -0.347. The Morgan fingerprint density at radius 3 is 1.05 bits per heavy atom. The third-order valence-corrected chi connectivity index (χ3v) is 10.9. The van der Waals surface area contributed by atoms with E-state index >= 15 is 0 Å². The molecule has 0 unspecified atom stereocenters. The van der Waals surface area contributed by atoms with Crippen LogP contribution < -0.4 is 0 Å².